The standard InChI is InChI=1S/C20H19N3O3/c1-12(13-2-4-15(24)5-3-13)19(21)20(26)16-10-17(23-11-18(16)25)14-6-8-22-9-7-14/h2-10,12,18,21,24-25H,11H2,1H3. The second kappa shape index (κ2) is 7.41. The van der Waals surface area contributed by atoms with Crippen LogP contribution in [-0.4, -0.2) is 45.1 Å². The molecular formula is C20H19N3O3. The maximum Gasteiger partial charge on any atom is 0.205 e. The van der Waals surface area contributed by atoms with Crippen molar-refractivity contribution < 1.29 is 15.0 Å². The molecule has 1 aliphatic heterocycles. The van der Waals surface area contributed by atoms with Crippen molar-refractivity contribution in [2.75, 3.05) is 6.54 Å². The Kier molecular flexibility index (Phi) is 5.04. The van der Waals surface area contributed by atoms with Gasteiger partial charge < -0.3 is 15.6 Å². The minimum absolute atomic E-state index is 0.0795. The average molecular weight is 349 g/mol. The first kappa shape index (κ1) is 17.7. The normalized spacial score (nSPS) is 17.8. The molecule has 26 heavy (non-hydrogen) atoms. The number of Topliss-reactive ketones (excluding diaryl/α,β-unsaturated/α-hetero) is 1. The average Bonchev–Trinajstić information content (AvgIpc) is 2.68. The Labute approximate surface area is 151 Å². The van der Waals surface area contributed by atoms with E-state index in [2.05, 4.69) is 9.98 Å². The summed E-state index contributed by atoms with van der Waals surface area (Å²) in [4.78, 5) is 21.1. The number of phenolic OH excluding ortho intramolecular Hbond substituents is 1. The lowest BCUT2D eigenvalue weighted by Crippen LogP contribution is -2.32. The van der Waals surface area contributed by atoms with Gasteiger partial charge in [0.1, 0.15) is 11.9 Å². The van der Waals surface area contributed by atoms with Gasteiger partial charge in [-0.2, -0.15) is 0 Å². The molecular weight excluding hydrogens is 330 g/mol. The van der Waals surface area contributed by atoms with Gasteiger partial charge in [0, 0.05) is 29.4 Å². The number of benzene rings is 1. The first-order valence-corrected chi connectivity index (χ1v) is 8.24. The number of allylic oxidation sites excluding steroid dienone is 1. The van der Waals surface area contributed by atoms with E-state index in [0.717, 1.165) is 11.1 Å². The smallest absolute Gasteiger partial charge is 0.205 e. The van der Waals surface area contributed by atoms with Crippen molar-refractivity contribution in [1.82, 2.24) is 4.98 Å². The van der Waals surface area contributed by atoms with Crippen molar-refractivity contribution in [3.63, 3.8) is 0 Å². The van der Waals surface area contributed by atoms with E-state index < -0.39 is 17.8 Å². The number of nitrogens with zero attached hydrogens (tertiary/aromatic N) is 2. The van der Waals surface area contributed by atoms with Crippen molar-refractivity contribution in [2.45, 2.75) is 18.9 Å². The van der Waals surface area contributed by atoms with Gasteiger partial charge in [-0.15, -0.1) is 0 Å². The van der Waals surface area contributed by atoms with Crippen molar-refractivity contribution in [2.24, 2.45) is 4.99 Å². The van der Waals surface area contributed by atoms with Gasteiger partial charge in [0.2, 0.25) is 5.78 Å². The second-order valence-corrected chi connectivity index (χ2v) is 6.13. The zero-order valence-electron chi connectivity index (χ0n) is 14.3. The van der Waals surface area contributed by atoms with E-state index in [9.17, 15) is 15.0 Å². The SMILES string of the molecule is CC(C(=N)C(=O)C1=CC(c2ccncc2)=NCC1O)c1ccc(O)cc1. The summed E-state index contributed by atoms with van der Waals surface area (Å²) in [5.41, 5.74) is 2.19. The molecule has 0 bridgehead atoms. The van der Waals surface area contributed by atoms with E-state index in [1.807, 2.05) is 0 Å². The molecule has 3 rings (SSSR count). The lowest BCUT2D eigenvalue weighted by atomic mass is 9.88. The summed E-state index contributed by atoms with van der Waals surface area (Å²) in [7, 11) is 0. The third-order valence-corrected chi connectivity index (χ3v) is 4.39. The van der Waals surface area contributed by atoms with Gasteiger partial charge in [-0.1, -0.05) is 19.1 Å². The maximum atomic E-state index is 12.8. The lowest BCUT2D eigenvalue weighted by Gasteiger charge is -2.20. The molecule has 3 N–H and O–H groups in total. The summed E-state index contributed by atoms with van der Waals surface area (Å²) < 4.78 is 0. The van der Waals surface area contributed by atoms with Crippen LogP contribution in [0.15, 0.2) is 65.4 Å². The maximum absolute atomic E-state index is 12.8. The van der Waals surface area contributed by atoms with Gasteiger partial charge >= 0.3 is 0 Å². The van der Waals surface area contributed by atoms with Gasteiger partial charge in [0.25, 0.3) is 0 Å². The molecule has 0 saturated carbocycles. The molecule has 1 aliphatic rings. The first-order valence-electron chi connectivity index (χ1n) is 8.24. The Balaban J connectivity index is 1.85. The first-order chi connectivity index (χ1) is 12.5. The highest BCUT2D eigenvalue weighted by Crippen LogP contribution is 2.23. The summed E-state index contributed by atoms with van der Waals surface area (Å²) >= 11 is 0. The quantitative estimate of drug-likeness (QED) is 0.720. The minimum Gasteiger partial charge on any atom is -0.508 e. The molecule has 0 fully saturated rings. The molecule has 1 aromatic heterocycles. The van der Waals surface area contributed by atoms with Crippen molar-refractivity contribution >= 4 is 17.2 Å². The highest BCUT2D eigenvalue weighted by atomic mass is 16.3. The third kappa shape index (κ3) is 3.60. The minimum atomic E-state index is -1.03. The van der Waals surface area contributed by atoms with Crippen LogP contribution in [0.4, 0.5) is 0 Å². The largest absolute Gasteiger partial charge is 0.508 e. The van der Waals surface area contributed by atoms with E-state index in [-0.39, 0.29) is 23.6 Å². The van der Waals surface area contributed by atoms with Crippen LogP contribution in [0.1, 0.15) is 24.0 Å². The van der Waals surface area contributed by atoms with Gasteiger partial charge in [-0.3, -0.25) is 14.8 Å². The predicted molar refractivity (Wildman–Crippen MR) is 99.0 cm³/mol. The number of phenols is 1. The van der Waals surface area contributed by atoms with Crippen LogP contribution in [0.25, 0.3) is 0 Å². The number of pyridine rings is 1. The highest BCUT2D eigenvalue weighted by Gasteiger charge is 2.28. The van der Waals surface area contributed by atoms with Crippen molar-refractivity contribution in [1.29, 1.82) is 5.41 Å². The Hall–Kier alpha value is -3.12. The van der Waals surface area contributed by atoms with Crippen LogP contribution in [0, 0.1) is 5.41 Å². The van der Waals surface area contributed by atoms with E-state index in [0.29, 0.717) is 5.71 Å². The number of rotatable bonds is 5. The molecule has 2 heterocycles. The van der Waals surface area contributed by atoms with Gasteiger partial charge in [0.15, 0.2) is 0 Å². The topological polar surface area (TPSA) is 107 Å². The van der Waals surface area contributed by atoms with E-state index >= 15 is 0 Å². The molecule has 132 valence electrons. The Bertz CT molecular complexity index is 886. The summed E-state index contributed by atoms with van der Waals surface area (Å²) in [6, 6.07) is 9.95. The zero-order valence-corrected chi connectivity index (χ0v) is 14.3. The predicted octanol–water partition coefficient (Wildman–Crippen LogP) is 2.27. The monoisotopic (exact) mass is 349 g/mol. The van der Waals surface area contributed by atoms with Crippen LogP contribution in [-0.2, 0) is 4.79 Å². The number of hydrogen-bond acceptors (Lipinski definition) is 6. The number of aliphatic hydroxyl groups is 1. The lowest BCUT2D eigenvalue weighted by molar-refractivity contribution is -0.110. The Morgan fingerprint density at radius 2 is 1.85 bits per heavy atom. The third-order valence-electron chi connectivity index (χ3n) is 4.39. The second-order valence-electron chi connectivity index (χ2n) is 6.13. The summed E-state index contributed by atoms with van der Waals surface area (Å²) in [6.45, 7) is 1.83. The number of aromatic nitrogens is 1. The Morgan fingerprint density at radius 1 is 1.19 bits per heavy atom. The molecule has 6 nitrogen and oxygen atoms in total. The zero-order chi connectivity index (χ0) is 18.7. The summed E-state index contributed by atoms with van der Waals surface area (Å²) in [5.74, 6) is -0.832. The molecule has 0 amide bonds. The number of aliphatic hydroxyl groups excluding tert-OH is 1. The number of hydrogen-bond donors (Lipinski definition) is 3. The molecule has 2 aromatic rings. The number of dihydropyridines is 1. The summed E-state index contributed by atoms with van der Waals surface area (Å²) in [6.07, 6.45) is 3.78. The van der Waals surface area contributed by atoms with Crippen molar-refractivity contribution in [3.8, 4) is 5.75 Å². The Morgan fingerprint density at radius 3 is 2.50 bits per heavy atom. The van der Waals surface area contributed by atoms with Crippen molar-refractivity contribution in [3.05, 3.63) is 71.6 Å². The van der Waals surface area contributed by atoms with E-state index in [1.165, 1.54) is 12.1 Å². The van der Waals surface area contributed by atoms with Gasteiger partial charge in [-0.25, -0.2) is 0 Å². The van der Waals surface area contributed by atoms with Crippen LogP contribution >= 0.6 is 0 Å². The number of carbonyl (C=O) groups excluding carboxylic acids is 1. The molecule has 6 heteroatoms. The molecule has 0 saturated heterocycles. The molecule has 0 radical (unpaired) electrons. The van der Waals surface area contributed by atoms with Crippen LogP contribution in [0.3, 0.4) is 0 Å². The van der Waals surface area contributed by atoms with Crippen LogP contribution < -0.4 is 0 Å². The molecule has 1 aromatic carbocycles. The fourth-order valence-electron chi connectivity index (χ4n) is 2.77. The molecule has 0 spiro atoms. The number of aromatic hydroxyl groups is 1. The number of nitrogens with one attached hydrogen (secondary N) is 1. The van der Waals surface area contributed by atoms with E-state index in [4.69, 9.17) is 5.41 Å². The number of ketones is 1. The van der Waals surface area contributed by atoms with Crippen LogP contribution in [0.2, 0.25) is 0 Å². The number of aliphatic imine (C=N–C) groups is 1. The molecule has 0 aliphatic carbocycles. The van der Waals surface area contributed by atoms with Gasteiger partial charge in [0.05, 0.1) is 18.0 Å². The molecule has 2 atom stereocenters. The van der Waals surface area contributed by atoms with Crippen LogP contribution in [0.5, 0.6) is 5.75 Å². The fraction of sp³-hybridized carbons (Fsp3) is 0.200. The van der Waals surface area contributed by atoms with E-state index in [1.54, 1.807) is 49.7 Å². The fourth-order valence-corrected chi connectivity index (χ4v) is 2.77. The molecule has 2 unspecified atom stereocenters. The summed E-state index contributed by atoms with van der Waals surface area (Å²) in [5, 5.41) is 27.9. The number of carbonyl (C=O) groups is 1. The van der Waals surface area contributed by atoms with Gasteiger partial charge in [-0.05, 0) is 35.9 Å². The highest BCUT2D eigenvalue weighted by molar-refractivity contribution is 6.47.